The second-order valence-corrected chi connectivity index (χ2v) is 6.07. The zero-order valence-electron chi connectivity index (χ0n) is 12.0. The van der Waals surface area contributed by atoms with Crippen LogP contribution in [0.2, 0.25) is 0 Å². The number of nitrogens with one attached hydrogen (secondary N) is 1. The monoisotopic (exact) mass is 247 g/mol. The van der Waals surface area contributed by atoms with Crippen molar-refractivity contribution in [3.8, 4) is 0 Å². The molecule has 1 saturated carbocycles. The molecule has 0 radical (unpaired) electrons. The van der Waals surface area contributed by atoms with Crippen LogP contribution in [-0.4, -0.2) is 18.3 Å². The lowest BCUT2D eigenvalue weighted by molar-refractivity contribution is 0.204. The van der Waals surface area contributed by atoms with Gasteiger partial charge < -0.3 is 10.4 Å². The van der Waals surface area contributed by atoms with E-state index in [2.05, 4.69) is 45.1 Å². The maximum absolute atomic E-state index is 9.35. The van der Waals surface area contributed by atoms with Crippen molar-refractivity contribution >= 4 is 0 Å². The summed E-state index contributed by atoms with van der Waals surface area (Å²) in [4.78, 5) is 0. The number of rotatable bonds is 5. The van der Waals surface area contributed by atoms with Crippen LogP contribution < -0.4 is 5.32 Å². The van der Waals surface area contributed by atoms with E-state index < -0.39 is 0 Å². The first-order valence-electron chi connectivity index (χ1n) is 6.89. The fraction of sp³-hybridized carbons (Fsp3) is 0.625. The van der Waals surface area contributed by atoms with Gasteiger partial charge in [-0.3, -0.25) is 0 Å². The third-order valence-corrected chi connectivity index (χ3v) is 4.25. The highest BCUT2D eigenvalue weighted by molar-refractivity contribution is 5.39. The molecular weight excluding hydrogens is 222 g/mol. The van der Waals surface area contributed by atoms with Crippen molar-refractivity contribution in [2.75, 3.05) is 13.2 Å². The van der Waals surface area contributed by atoms with Gasteiger partial charge in [0.2, 0.25) is 0 Å². The van der Waals surface area contributed by atoms with Gasteiger partial charge in [-0.05, 0) is 57.2 Å². The molecule has 1 aromatic rings. The second-order valence-electron chi connectivity index (χ2n) is 6.07. The van der Waals surface area contributed by atoms with Crippen LogP contribution in [0.25, 0.3) is 0 Å². The highest BCUT2D eigenvalue weighted by atomic mass is 16.3. The Balaban J connectivity index is 2.07. The van der Waals surface area contributed by atoms with Gasteiger partial charge in [0.1, 0.15) is 0 Å². The minimum atomic E-state index is 0.181. The Labute approximate surface area is 110 Å². The predicted molar refractivity (Wildman–Crippen MR) is 75.8 cm³/mol. The van der Waals surface area contributed by atoms with Gasteiger partial charge in [0.05, 0.1) is 0 Å². The van der Waals surface area contributed by atoms with Crippen molar-refractivity contribution in [2.24, 2.45) is 5.41 Å². The molecule has 0 amide bonds. The second kappa shape index (κ2) is 5.02. The molecule has 2 nitrogen and oxygen atoms in total. The molecule has 1 fully saturated rings. The summed E-state index contributed by atoms with van der Waals surface area (Å²) < 4.78 is 0. The van der Waals surface area contributed by atoms with Crippen LogP contribution in [0.3, 0.4) is 0 Å². The Kier molecular flexibility index (Phi) is 3.79. The van der Waals surface area contributed by atoms with Crippen LogP contribution in [0.15, 0.2) is 12.1 Å². The molecule has 0 heterocycles. The average Bonchev–Trinajstić information content (AvgIpc) is 3.05. The molecule has 18 heavy (non-hydrogen) atoms. The van der Waals surface area contributed by atoms with Crippen molar-refractivity contribution in [3.63, 3.8) is 0 Å². The third-order valence-electron chi connectivity index (χ3n) is 4.25. The highest BCUT2D eigenvalue weighted by Gasteiger charge is 2.41. The van der Waals surface area contributed by atoms with Gasteiger partial charge in [0.15, 0.2) is 0 Å². The number of benzene rings is 1. The van der Waals surface area contributed by atoms with Crippen LogP contribution in [0.4, 0.5) is 0 Å². The van der Waals surface area contributed by atoms with Gasteiger partial charge >= 0.3 is 0 Å². The van der Waals surface area contributed by atoms with E-state index in [4.69, 9.17) is 0 Å². The lowest BCUT2D eigenvalue weighted by Gasteiger charge is -2.22. The number of aliphatic hydroxyl groups is 1. The van der Waals surface area contributed by atoms with E-state index in [1.807, 2.05) is 0 Å². The maximum Gasteiger partial charge on any atom is 0.0499 e. The Bertz CT molecular complexity index is 412. The van der Waals surface area contributed by atoms with Crippen LogP contribution in [-0.2, 0) is 0 Å². The SMILES string of the molecule is Cc1cc(C)c(C(C)NCC2(CO)CC2)c(C)c1. The Morgan fingerprint density at radius 3 is 2.22 bits per heavy atom. The average molecular weight is 247 g/mol. The number of aryl methyl sites for hydroxylation is 3. The van der Waals surface area contributed by atoms with Gasteiger partial charge in [0, 0.05) is 24.6 Å². The number of hydrogen-bond acceptors (Lipinski definition) is 2. The quantitative estimate of drug-likeness (QED) is 0.838. The molecular formula is C16H25NO. The first-order chi connectivity index (χ1) is 8.47. The summed E-state index contributed by atoms with van der Waals surface area (Å²) >= 11 is 0. The van der Waals surface area contributed by atoms with Gasteiger partial charge in [-0.2, -0.15) is 0 Å². The van der Waals surface area contributed by atoms with Crippen LogP contribution >= 0.6 is 0 Å². The molecule has 1 aliphatic carbocycles. The van der Waals surface area contributed by atoms with Crippen molar-refractivity contribution in [2.45, 2.75) is 46.6 Å². The molecule has 0 aromatic heterocycles. The topological polar surface area (TPSA) is 32.3 Å². The van der Waals surface area contributed by atoms with E-state index >= 15 is 0 Å². The van der Waals surface area contributed by atoms with Gasteiger partial charge in [-0.15, -0.1) is 0 Å². The summed E-state index contributed by atoms with van der Waals surface area (Å²) in [7, 11) is 0. The minimum absolute atomic E-state index is 0.181. The van der Waals surface area contributed by atoms with Gasteiger partial charge in [-0.25, -0.2) is 0 Å². The smallest absolute Gasteiger partial charge is 0.0499 e. The summed E-state index contributed by atoms with van der Waals surface area (Å²) in [5.41, 5.74) is 5.65. The molecule has 1 unspecified atom stereocenters. The summed E-state index contributed by atoms with van der Waals surface area (Å²) in [5.74, 6) is 0. The Hall–Kier alpha value is -0.860. The number of aliphatic hydroxyl groups excluding tert-OH is 1. The van der Waals surface area contributed by atoms with Crippen molar-refractivity contribution < 1.29 is 5.11 Å². The molecule has 1 aromatic carbocycles. The van der Waals surface area contributed by atoms with Crippen LogP contribution in [0, 0.1) is 26.2 Å². The van der Waals surface area contributed by atoms with Gasteiger partial charge in [-0.1, -0.05) is 17.7 Å². The largest absolute Gasteiger partial charge is 0.396 e. The van der Waals surface area contributed by atoms with E-state index in [1.54, 1.807) is 0 Å². The maximum atomic E-state index is 9.35. The van der Waals surface area contributed by atoms with Crippen LogP contribution in [0.5, 0.6) is 0 Å². The normalized spacial score (nSPS) is 18.7. The fourth-order valence-electron chi connectivity index (χ4n) is 2.91. The zero-order chi connectivity index (χ0) is 13.3. The number of hydrogen-bond donors (Lipinski definition) is 2. The molecule has 0 aliphatic heterocycles. The standard InChI is InChI=1S/C16H25NO/c1-11-7-12(2)15(13(3)8-11)14(4)17-9-16(10-18)5-6-16/h7-8,14,17-18H,5-6,9-10H2,1-4H3. The zero-order valence-corrected chi connectivity index (χ0v) is 12.0. The highest BCUT2D eigenvalue weighted by Crippen LogP contribution is 2.44. The molecule has 1 aliphatic rings. The summed E-state index contributed by atoms with van der Waals surface area (Å²) in [5, 5.41) is 12.9. The lowest BCUT2D eigenvalue weighted by Crippen LogP contribution is -2.29. The molecule has 0 spiro atoms. The van der Waals surface area contributed by atoms with E-state index in [9.17, 15) is 5.11 Å². The molecule has 100 valence electrons. The molecule has 0 bridgehead atoms. The minimum Gasteiger partial charge on any atom is -0.396 e. The summed E-state index contributed by atoms with van der Waals surface area (Å²) in [6, 6.07) is 4.86. The van der Waals surface area contributed by atoms with E-state index in [0.717, 1.165) is 19.4 Å². The Morgan fingerprint density at radius 2 is 1.78 bits per heavy atom. The molecule has 2 rings (SSSR count). The van der Waals surface area contributed by atoms with Crippen molar-refractivity contribution in [3.05, 3.63) is 34.4 Å². The third kappa shape index (κ3) is 2.76. The molecule has 2 N–H and O–H groups in total. The Morgan fingerprint density at radius 1 is 1.22 bits per heavy atom. The van der Waals surface area contributed by atoms with E-state index in [1.165, 1.54) is 22.3 Å². The fourth-order valence-corrected chi connectivity index (χ4v) is 2.91. The van der Waals surface area contributed by atoms with Crippen molar-refractivity contribution in [1.82, 2.24) is 5.32 Å². The van der Waals surface area contributed by atoms with E-state index in [-0.39, 0.29) is 5.41 Å². The molecule has 0 saturated heterocycles. The molecule has 1 atom stereocenters. The molecule has 2 heteroatoms. The van der Waals surface area contributed by atoms with Crippen LogP contribution in [0.1, 0.15) is 48.1 Å². The lowest BCUT2D eigenvalue weighted by atomic mass is 9.94. The first kappa shape index (κ1) is 13.6. The van der Waals surface area contributed by atoms with E-state index in [0.29, 0.717) is 12.6 Å². The first-order valence-corrected chi connectivity index (χ1v) is 6.89. The van der Waals surface area contributed by atoms with Crippen molar-refractivity contribution in [1.29, 1.82) is 0 Å². The summed E-state index contributed by atoms with van der Waals surface area (Å²) in [6.45, 7) is 9.99. The predicted octanol–water partition coefficient (Wildman–Crippen LogP) is 3.03. The van der Waals surface area contributed by atoms with Gasteiger partial charge in [0.25, 0.3) is 0 Å². The summed E-state index contributed by atoms with van der Waals surface area (Å²) in [6.07, 6.45) is 2.32.